The zero-order valence-corrected chi connectivity index (χ0v) is 15.8. The van der Waals surface area contributed by atoms with Crippen LogP contribution in [-0.2, 0) is 12.6 Å². The number of benzene rings is 2. The van der Waals surface area contributed by atoms with Crippen LogP contribution in [0.3, 0.4) is 0 Å². The van der Waals surface area contributed by atoms with Crippen LogP contribution in [0.5, 0.6) is 5.75 Å². The summed E-state index contributed by atoms with van der Waals surface area (Å²) in [6, 6.07) is 7.83. The predicted molar refractivity (Wildman–Crippen MR) is 98.2 cm³/mol. The number of hydrogen-bond donors (Lipinski definition) is 0. The van der Waals surface area contributed by atoms with Gasteiger partial charge in [0.25, 0.3) is 5.89 Å². The van der Waals surface area contributed by atoms with E-state index in [1.165, 1.54) is 0 Å². The molecule has 0 spiro atoms. The molecule has 0 saturated carbocycles. The number of aromatic nitrogens is 2. The maximum atomic E-state index is 13.4. The highest BCUT2D eigenvalue weighted by Gasteiger charge is 2.41. The molecule has 0 bridgehead atoms. The SMILES string of the molecule is C[C@H](Oc1ccc(-c2nc(-c3ccc4c(c3)N=CC4)no2)cc1C(F)(F)F)C(F)(F)F. The summed E-state index contributed by atoms with van der Waals surface area (Å²) < 4.78 is 88.1. The van der Waals surface area contributed by atoms with E-state index < -0.39 is 29.8 Å². The highest BCUT2D eigenvalue weighted by atomic mass is 19.4. The molecule has 1 atom stereocenters. The van der Waals surface area contributed by atoms with Crippen LogP contribution in [0.2, 0.25) is 0 Å². The van der Waals surface area contributed by atoms with Gasteiger partial charge in [0.2, 0.25) is 5.82 Å². The lowest BCUT2D eigenvalue weighted by Gasteiger charge is -2.20. The van der Waals surface area contributed by atoms with Crippen LogP contribution in [-0.4, -0.2) is 28.6 Å². The second kappa shape index (κ2) is 7.40. The smallest absolute Gasteiger partial charge is 0.425 e. The third-order valence-corrected chi connectivity index (χ3v) is 4.61. The second-order valence-electron chi connectivity index (χ2n) is 6.79. The Morgan fingerprint density at radius 3 is 2.45 bits per heavy atom. The van der Waals surface area contributed by atoms with Crippen LogP contribution in [0, 0.1) is 0 Å². The molecule has 31 heavy (non-hydrogen) atoms. The van der Waals surface area contributed by atoms with Gasteiger partial charge < -0.3 is 9.26 Å². The first kappa shape index (κ1) is 20.9. The highest BCUT2D eigenvalue weighted by Crippen LogP contribution is 2.40. The third kappa shape index (κ3) is 4.25. The van der Waals surface area contributed by atoms with Crippen molar-refractivity contribution in [2.75, 3.05) is 0 Å². The van der Waals surface area contributed by atoms with Gasteiger partial charge in [0.05, 0.1) is 11.3 Å². The Morgan fingerprint density at radius 1 is 1.00 bits per heavy atom. The van der Waals surface area contributed by atoms with Crippen molar-refractivity contribution < 1.29 is 35.6 Å². The lowest BCUT2D eigenvalue weighted by molar-refractivity contribution is -0.191. The quantitative estimate of drug-likeness (QED) is 0.465. The molecule has 1 aliphatic heterocycles. The van der Waals surface area contributed by atoms with Gasteiger partial charge in [-0.05, 0) is 36.8 Å². The third-order valence-electron chi connectivity index (χ3n) is 4.61. The van der Waals surface area contributed by atoms with Crippen molar-refractivity contribution in [1.82, 2.24) is 10.1 Å². The average Bonchev–Trinajstić information content (AvgIpc) is 3.35. The van der Waals surface area contributed by atoms with Crippen LogP contribution in [0.15, 0.2) is 45.9 Å². The molecule has 0 saturated heterocycles. The number of alkyl halides is 6. The van der Waals surface area contributed by atoms with E-state index in [4.69, 9.17) is 4.52 Å². The Labute approximate surface area is 171 Å². The van der Waals surface area contributed by atoms with Crippen molar-refractivity contribution in [2.24, 2.45) is 4.99 Å². The fourth-order valence-electron chi connectivity index (χ4n) is 2.94. The Kier molecular flexibility index (Phi) is 4.98. The summed E-state index contributed by atoms with van der Waals surface area (Å²) in [4.78, 5) is 8.32. The van der Waals surface area contributed by atoms with Crippen molar-refractivity contribution in [3.8, 4) is 28.6 Å². The molecule has 1 aliphatic rings. The van der Waals surface area contributed by atoms with E-state index >= 15 is 0 Å². The molecule has 0 amide bonds. The van der Waals surface area contributed by atoms with Gasteiger partial charge in [-0.25, -0.2) is 0 Å². The largest absolute Gasteiger partial charge is 0.481 e. The summed E-state index contributed by atoms with van der Waals surface area (Å²) in [7, 11) is 0. The standard InChI is InChI=1S/C20H13F6N3O2/c1-10(19(21,22)23)30-16-5-4-13(8-14(16)20(24,25)26)18-28-17(29-31-18)12-3-2-11-6-7-27-15(11)9-12/h2-5,7-10H,6H2,1H3/t10-/m0/s1. The van der Waals surface area contributed by atoms with Crippen LogP contribution >= 0.6 is 0 Å². The van der Waals surface area contributed by atoms with Crippen molar-refractivity contribution in [1.29, 1.82) is 0 Å². The molecule has 2 aromatic carbocycles. The number of aliphatic imine (C=N–C) groups is 1. The van der Waals surface area contributed by atoms with Crippen molar-refractivity contribution >= 4 is 11.9 Å². The fourth-order valence-corrected chi connectivity index (χ4v) is 2.94. The van der Waals surface area contributed by atoms with E-state index in [1.54, 1.807) is 18.3 Å². The molecule has 11 heteroatoms. The molecule has 1 aromatic heterocycles. The second-order valence-corrected chi connectivity index (χ2v) is 6.79. The molecule has 2 heterocycles. The minimum atomic E-state index is -4.96. The monoisotopic (exact) mass is 441 g/mol. The molecule has 0 N–H and O–H groups in total. The van der Waals surface area contributed by atoms with Gasteiger partial charge in [0.1, 0.15) is 5.75 Å². The zero-order valence-electron chi connectivity index (χ0n) is 15.8. The maximum absolute atomic E-state index is 13.4. The predicted octanol–water partition coefficient (Wildman–Crippen LogP) is 6.01. The normalized spacial score (nSPS) is 14.5. The summed E-state index contributed by atoms with van der Waals surface area (Å²) in [6.07, 6.45) is -9.75. The van der Waals surface area contributed by atoms with Gasteiger partial charge in [0.15, 0.2) is 6.10 Å². The van der Waals surface area contributed by atoms with E-state index in [-0.39, 0.29) is 17.3 Å². The molecule has 162 valence electrons. The first-order valence-corrected chi connectivity index (χ1v) is 8.97. The molecular formula is C20H13F6N3O2. The zero-order chi connectivity index (χ0) is 22.4. The van der Waals surface area contributed by atoms with Gasteiger partial charge >= 0.3 is 12.4 Å². The Hall–Kier alpha value is -3.37. The Morgan fingerprint density at radius 2 is 1.74 bits per heavy atom. The number of nitrogens with zero attached hydrogens (tertiary/aromatic N) is 3. The number of hydrogen-bond acceptors (Lipinski definition) is 5. The minimum Gasteiger partial charge on any atom is -0.481 e. The van der Waals surface area contributed by atoms with Gasteiger partial charge in [-0.3, -0.25) is 4.99 Å². The molecule has 0 fully saturated rings. The van der Waals surface area contributed by atoms with Crippen molar-refractivity contribution in [3.05, 3.63) is 47.5 Å². The molecule has 0 aliphatic carbocycles. The van der Waals surface area contributed by atoms with Gasteiger partial charge in [-0.1, -0.05) is 17.3 Å². The van der Waals surface area contributed by atoms with Crippen molar-refractivity contribution in [2.45, 2.75) is 31.8 Å². The Bertz CT molecular complexity index is 1150. The maximum Gasteiger partial charge on any atom is 0.425 e. The number of ether oxygens (including phenoxy) is 1. The van der Waals surface area contributed by atoms with E-state index in [0.29, 0.717) is 25.0 Å². The number of halogens is 6. The Balaban J connectivity index is 1.67. The fraction of sp³-hybridized carbons (Fsp3) is 0.250. The highest BCUT2D eigenvalue weighted by molar-refractivity contribution is 5.78. The average molecular weight is 441 g/mol. The van der Waals surface area contributed by atoms with E-state index in [9.17, 15) is 26.3 Å². The minimum absolute atomic E-state index is 0.114. The summed E-state index contributed by atoms with van der Waals surface area (Å²) in [5.41, 5.74) is 0.822. The first-order valence-electron chi connectivity index (χ1n) is 8.97. The topological polar surface area (TPSA) is 60.5 Å². The van der Waals surface area contributed by atoms with E-state index in [1.807, 2.05) is 6.07 Å². The van der Waals surface area contributed by atoms with Gasteiger partial charge in [-0.15, -0.1) is 0 Å². The lowest BCUT2D eigenvalue weighted by atomic mass is 10.1. The summed E-state index contributed by atoms with van der Waals surface area (Å²) in [5, 5.41) is 3.78. The summed E-state index contributed by atoms with van der Waals surface area (Å²) >= 11 is 0. The number of fused-ring (bicyclic) bond motifs is 1. The first-order chi connectivity index (χ1) is 14.5. The van der Waals surface area contributed by atoms with Gasteiger partial charge in [0, 0.05) is 23.8 Å². The molecule has 0 unspecified atom stereocenters. The van der Waals surface area contributed by atoms with E-state index in [0.717, 1.165) is 23.4 Å². The lowest BCUT2D eigenvalue weighted by Crippen LogP contribution is -2.31. The summed E-state index contributed by atoms with van der Waals surface area (Å²) in [5.74, 6) is -1.03. The number of rotatable bonds is 4. The van der Waals surface area contributed by atoms with E-state index in [2.05, 4.69) is 19.9 Å². The van der Waals surface area contributed by atoms with Crippen molar-refractivity contribution in [3.63, 3.8) is 0 Å². The van der Waals surface area contributed by atoms with Gasteiger partial charge in [-0.2, -0.15) is 31.3 Å². The molecule has 3 aromatic rings. The molecule has 5 nitrogen and oxygen atoms in total. The summed E-state index contributed by atoms with van der Waals surface area (Å²) in [6.45, 7) is 0.624. The molecular weight excluding hydrogens is 428 g/mol. The van der Waals surface area contributed by atoms with Crippen LogP contribution in [0.1, 0.15) is 18.1 Å². The van der Waals surface area contributed by atoms with Crippen LogP contribution in [0.25, 0.3) is 22.8 Å². The van der Waals surface area contributed by atoms with Crippen LogP contribution in [0.4, 0.5) is 32.0 Å². The molecule has 4 rings (SSSR count). The molecule has 0 radical (unpaired) electrons. The van der Waals surface area contributed by atoms with Crippen LogP contribution < -0.4 is 4.74 Å².